The molecule has 2 aliphatic rings. The van der Waals surface area contributed by atoms with E-state index in [4.69, 9.17) is 5.73 Å². The molecular formula is C37H37N11O2S3. The summed E-state index contributed by atoms with van der Waals surface area (Å²) in [6, 6.07) is 19.6. The van der Waals surface area contributed by atoms with Crippen LogP contribution in [0.5, 0.6) is 0 Å². The molecular weight excluding hydrogens is 727 g/mol. The number of nitrogens with two attached hydrogens (primary N) is 1. The van der Waals surface area contributed by atoms with Gasteiger partial charge in [0, 0.05) is 62.1 Å². The molecule has 0 atom stereocenters. The van der Waals surface area contributed by atoms with Gasteiger partial charge in [-0.25, -0.2) is 15.0 Å². The molecule has 270 valence electrons. The van der Waals surface area contributed by atoms with Crippen LogP contribution in [0, 0.1) is 0 Å². The van der Waals surface area contributed by atoms with E-state index in [-0.39, 0.29) is 17.5 Å². The molecule has 2 saturated heterocycles. The fraction of sp³-hybridized carbons (Fsp3) is 0.216. The highest BCUT2D eigenvalue weighted by Crippen LogP contribution is 2.39. The van der Waals surface area contributed by atoms with Gasteiger partial charge in [-0.2, -0.15) is 0 Å². The molecule has 0 aliphatic carbocycles. The van der Waals surface area contributed by atoms with Crippen LogP contribution >= 0.6 is 34.0 Å². The number of nitrogens with zero attached hydrogens (tertiary/aromatic N) is 5. The summed E-state index contributed by atoms with van der Waals surface area (Å²) in [5, 5.41) is 20.5. The zero-order valence-electron chi connectivity index (χ0n) is 28.6. The normalized spacial score (nSPS) is 14.6. The predicted molar refractivity (Wildman–Crippen MR) is 217 cm³/mol. The van der Waals surface area contributed by atoms with Gasteiger partial charge in [0.25, 0.3) is 11.8 Å². The summed E-state index contributed by atoms with van der Waals surface area (Å²) in [7, 11) is 0. The molecule has 0 bridgehead atoms. The first-order valence-corrected chi connectivity index (χ1v) is 19.7. The van der Waals surface area contributed by atoms with Crippen LogP contribution in [0.1, 0.15) is 20.3 Å². The van der Waals surface area contributed by atoms with E-state index in [0.29, 0.717) is 22.1 Å². The SMILES string of the molecule is Nc1ccc(-c2ccc(Nc3ccc(-c4cccs4)cc3NC(=O)c3ncc(N4CCNCC4)s3)s2)cc1NC(=O)c1cnc(N2CCNCC2)cn1. The average Bonchev–Trinajstić information content (AvgIpc) is 4.01. The van der Waals surface area contributed by atoms with Gasteiger partial charge in [0.2, 0.25) is 0 Å². The molecule has 0 saturated carbocycles. The largest absolute Gasteiger partial charge is 0.397 e. The number of hydrogen-bond acceptors (Lipinski definition) is 14. The minimum atomic E-state index is -0.389. The Kier molecular flexibility index (Phi) is 10.3. The Bertz CT molecular complexity index is 2210. The van der Waals surface area contributed by atoms with Crippen molar-refractivity contribution in [2.45, 2.75) is 0 Å². The maximum atomic E-state index is 13.5. The highest BCUT2D eigenvalue weighted by atomic mass is 32.1. The lowest BCUT2D eigenvalue weighted by atomic mass is 10.1. The molecule has 2 fully saturated rings. The summed E-state index contributed by atoms with van der Waals surface area (Å²) in [6.07, 6.45) is 4.92. The zero-order valence-corrected chi connectivity index (χ0v) is 31.0. The van der Waals surface area contributed by atoms with Crippen LogP contribution < -0.4 is 42.1 Å². The van der Waals surface area contributed by atoms with E-state index in [0.717, 1.165) is 94.7 Å². The minimum Gasteiger partial charge on any atom is -0.397 e. The van der Waals surface area contributed by atoms with E-state index in [9.17, 15) is 9.59 Å². The third-order valence-corrected chi connectivity index (χ3v) is 12.0. The van der Waals surface area contributed by atoms with Crippen molar-refractivity contribution in [2.75, 3.05) is 83.8 Å². The van der Waals surface area contributed by atoms with Gasteiger partial charge in [0.1, 0.15) is 16.5 Å². The highest BCUT2D eigenvalue weighted by molar-refractivity contribution is 7.19. The number of carbonyl (C=O) groups excluding carboxylic acids is 2. The van der Waals surface area contributed by atoms with Crippen molar-refractivity contribution in [3.8, 4) is 20.9 Å². The van der Waals surface area contributed by atoms with Crippen LogP contribution in [0.4, 0.5) is 38.6 Å². The molecule has 8 rings (SSSR count). The Morgan fingerprint density at radius 2 is 1.43 bits per heavy atom. The number of piperazine rings is 2. The van der Waals surface area contributed by atoms with Gasteiger partial charge in [0.15, 0.2) is 5.01 Å². The minimum absolute atomic E-state index is 0.208. The van der Waals surface area contributed by atoms with E-state index in [2.05, 4.69) is 57.4 Å². The number of aromatic nitrogens is 3. The van der Waals surface area contributed by atoms with Crippen molar-refractivity contribution >= 4 is 84.4 Å². The maximum Gasteiger partial charge on any atom is 0.284 e. The zero-order chi connectivity index (χ0) is 36.1. The van der Waals surface area contributed by atoms with Gasteiger partial charge < -0.3 is 42.1 Å². The van der Waals surface area contributed by atoms with Gasteiger partial charge in [0.05, 0.1) is 46.3 Å². The molecule has 6 aromatic rings. The van der Waals surface area contributed by atoms with Crippen molar-refractivity contribution in [1.82, 2.24) is 25.6 Å². The van der Waals surface area contributed by atoms with Crippen molar-refractivity contribution in [3.63, 3.8) is 0 Å². The molecule has 6 heterocycles. The average molecular weight is 764 g/mol. The number of hydrogen-bond donors (Lipinski definition) is 6. The molecule has 2 amide bonds. The Morgan fingerprint density at radius 3 is 2.19 bits per heavy atom. The number of carbonyl (C=O) groups is 2. The molecule has 53 heavy (non-hydrogen) atoms. The number of benzene rings is 2. The second kappa shape index (κ2) is 15.7. The van der Waals surface area contributed by atoms with Crippen LogP contribution in [0.3, 0.4) is 0 Å². The van der Waals surface area contributed by atoms with E-state index in [1.165, 1.54) is 17.5 Å². The van der Waals surface area contributed by atoms with E-state index in [1.807, 2.05) is 53.9 Å². The van der Waals surface area contributed by atoms with Crippen LogP contribution in [-0.2, 0) is 0 Å². The van der Waals surface area contributed by atoms with Crippen molar-refractivity contribution in [2.24, 2.45) is 0 Å². The second-order valence-electron chi connectivity index (χ2n) is 12.5. The van der Waals surface area contributed by atoms with E-state index in [1.54, 1.807) is 41.1 Å². The topological polar surface area (TPSA) is 165 Å². The first-order chi connectivity index (χ1) is 26.0. The Labute approximate surface area is 318 Å². The van der Waals surface area contributed by atoms with Crippen molar-refractivity contribution in [1.29, 1.82) is 0 Å². The number of thiophene rings is 2. The second-order valence-corrected chi connectivity index (χ2v) is 15.5. The maximum absolute atomic E-state index is 13.5. The number of nitrogen functional groups attached to an aromatic ring is 1. The van der Waals surface area contributed by atoms with Crippen LogP contribution in [0.25, 0.3) is 20.9 Å². The summed E-state index contributed by atoms with van der Waals surface area (Å²) >= 11 is 4.59. The van der Waals surface area contributed by atoms with Crippen LogP contribution in [0.15, 0.2) is 84.6 Å². The van der Waals surface area contributed by atoms with E-state index < -0.39 is 0 Å². The summed E-state index contributed by atoms with van der Waals surface area (Å²) < 4.78 is 0. The molecule has 13 nitrogen and oxygen atoms in total. The van der Waals surface area contributed by atoms with Gasteiger partial charge in [-0.15, -0.1) is 22.7 Å². The molecule has 7 N–H and O–H groups in total. The predicted octanol–water partition coefficient (Wildman–Crippen LogP) is 6.04. The smallest absolute Gasteiger partial charge is 0.284 e. The van der Waals surface area contributed by atoms with Gasteiger partial charge in [-0.1, -0.05) is 29.5 Å². The third-order valence-electron chi connectivity index (χ3n) is 8.95. The number of nitrogens with one attached hydrogen (secondary N) is 5. The molecule has 0 unspecified atom stereocenters. The quantitative estimate of drug-likeness (QED) is 0.0902. The molecule has 2 aliphatic heterocycles. The summed E-state index contributed by atoms with van der Waals surface area (Å²) in [4.78, 5) is 46.4. The molecule has 0 radical (unpaired) electrons. The Morgan fingerprint density at radius 1 is 0.698 bits per heavy atom. The van der Waals surface area contributed by atoms with Crippen LogP contribution in [-0.4, -0.2) is 79.1 Å². The lowest BCUT2D eigenvalue weighted by Gasteiger charge is -2.27. The molecule has 0 spiro atoms. The summed E-state index contributed by atoms with van der Waals surface area (Å²) in [5.74, 6) is 0.103. The molecule has 16 heteroatoms. The number of anilines is 7. The lowest BCUT2D eigenvalue weighted by molar-refractivity contribution is 0.101. The van der Waals surface area contributed by atoms with Crippen LogP contribution in [0.2, 0.25) is 0 Å². The van der Waals surface area contributed by atoms with Crippen molar-refractivity contribution in [3.05, 3.63) is 95.3 Å². The first kappa shape index (κ1) is 34.7. The highest BCUT2D eigenvalue weighted by Gasteiger charge is 2.20. The van der Waals surface area contributed by atoms with Gasteiger partial charge in [-0.05, 0) is 59.0 Å². The van der Waals surface area contributed by atoms with Gasteiger partial charge >= 0.3 is 0 Å². The summed E-state index contributed by atoms with van der Waals surface area (Å²) in [5.41, 5.74) is 10.7. The van der Waals surface area contributed by atoms with Gasteiger partial charge in [-0.3, -0.25) is 9.59 Å². The number of thiazole rings is 1. The lowest BCUT2D eigenvalue weighted by Crippen LogP contribution is -2.44. The molecule has 4 aromatic heterocycles. The van der Waals surface area contributed by atoms with E-state index >= 15 is 0 Å². The fourth-order valence-electron chi connectivity index (χ4n) is 6.12. The fourth-order valence-corrected chi connectivity index (χ4v) is 8.63. The monoisotopic (exact) mass is 763 g/mol. The Balaban J connectivity index is 0.982. The summed E-state index contributed by atoms with van der Waals surface area (Å²) in [6.45, 7) is 7.04. The first-order valence-electron chi connectivity index (χ1n) is 17.2. The molecule has 2 aromatic carbocycles. The number of rotatable bonds is 10. The third kappa shape index (κ3) is 8.01. The van der Waals surface area contributed by atoms with Crippen molar-refractivity contribution < 1.29 is 9.59 Å². The number of amides is 2. The Hall–Kier alpha value is -5.39. The standard InChI is InChI=1S/C37H37N11O2S3/c38-25-5-3-24(18-27(25)45-35(49)29-20-42-32(21-41-29)47-13-9-39-10-14-47)31-7-8-33(52-31)44-26-6-4-23(30-2-1-17-51-30)19-28(26)46-36(50)37-43-22-34(53-37)48-15-11-40-12-16-48/h1-8,17-22,39-40,44H,9-16,38H2,(H,45,49)(H,46,50).